The summed E-state index contributed by atoms with van der Waals surface area (Å²) >= 11 is 0. The fraction of sp³-hybridized carbons (Fsp3) is 0.643. The van der Waals surface area contributed by atoms with Gasteiger partial charge in [0.15, 0.2) is 5.82 Å². The highest BCUT2D eigenvalue weighted by molar-refractivity contribution is 5.93. The Labute approximate surface area is 119 Å². The van der Waals surface area contributed by atoms with Gasteiger partial charge in [-0.3, -0.25) is 9.59 Å². The van der Waals surface area contributed by atoms with Crippen LogP contribution in [0, 0.1) is 6.92 Å². The molecule has 0 aromatic carbocycles. The van der Waals surface area contributed by atoms with E-state index in [-0.39, 0.29) is 18.4 Å². The summed E-state index contributed by atoms with van der Waals surface area (Å²) in [4.78, 5) is 25.3. The lowest BCUT2D eigenvalue weighted by atomic mass is 10.2. The molecule has 20 heavy (non-hydrogen) atoms. The van der Waals surface area contributed by atoms with Crippen molar-refractivity contribution >= 4 is 17.6 Å². The Balaban J connectivity index is 2.50. The van der Waals surface area contributed by atoms with Gasteiger partial charge in [0.2, 0.25) is 11.8 Å². The smallest absolute Gasteiger partial charge is 0.245 e. The maximum Gasteiger partial charge on any atom is 0.245 e. The summed E-state index contributed by atoms with van der Waals surface area (Å²) in [6.45, 7) is 6.33. The Morgan fingerprint density at radius 2 is 2.10 bits per heavy atom. The van der Waals surface area contributed by atoms with Crippen molar-refractivity contribution in [1.82, 2.24) is 10.1 Å². The van der Waals surface area contributed by atoms with Gasteiger partial charge in [-0.25, -0.2) is 0 Å². The number of amides is 2. The topological polar surface area (TPSA) is 75.4 Å². The van der Waals surface area contributed by atoms with Gasteiger partial charge in [0.25, 0.3) is 0 Å². The first-order chi connectivity index (χ1) is 9.56. The summed E-state index contributed by atoms with van der Waals surface area (Å²) < 4.78 is 4.87. The van der Waals surface area contributed by atoms with Crippen LogP contribution < -0.4 is 5.32 Å². The molecule has 112 valence electrons. The van der Waals surface area contributed by atoms with Gasteiger partial charge in [0, 0.05) is 19.0 Å². The SMILES string of the molecule is CCCCCN(CC(=O)Nc1cc(C)on1)C(=O)CC. The normalized spacial score (nSPS) is 10.3. The third-order valence-electron chi connectivity index (χ3n) is 2.92. The summed E-state index contributed by atoms with van der Waals surface area (Å²) in [6.07, 6.45) is 3.46. The van der Waals surface area contributed by atoms with E-state index in [1.807, 2.05) is 0 Å². The molecule has 0 spiro atoms. The van der Waals surface area contributed by atoms with Crippen molar-refractivity contribution in [2.45, 2.75) is 46.5 Å². The summed E-state index contributed by atoms with van der Waals surface area (Å²) in [5.41, 5.74) is 0. The molecule has 0 aliphatic carbocycles. The molecule has 2 amide bonds. The van der Waals surface area contributed by atoms with Crippen LogP contribution in [0.3, 0.4) is 0 Å². The van der Waals surface area contributed by atoms with Crippen molar-refractivity contribution in [3.05, 3.63) is 11.8 Å². The van der Waals surface area contributed by atoms with Crippen molar-refractivity contribution in [2.75, 3.05) is 18.4 Å². The third-order valence-corrected chi connectivity index (χ3v) is 2.92. The second-order valence-corrected chi connectivity index (χ2v) is 4.75. The molecule has 1 aromatic rings. The average Bonchev–Trinajstić information content (AvgIpc) is 2.82. The first kappa shape index (κ1) is 16.2. The third kappa shape index (κ3) is 5.42. The fourth-order valence-electron chi connectivity index (χ4n) is 1.85. The minimum absolute atomic E-state index is 0.00686. The van der Waals surface area contributed by atoms with Crippen LogP contribution in [-0.4, -0.2) is 35.0 Å². The molecule has 1 aromatic heterocycles. The zero-order chi connectivity index (χ0) is 15.0. The maximum absolute atomic E-state index is 11.9. The second kappa shape index (κ2) is 8.35. The number of nitrogens with one attached hydrogen (secondary N) is 1. The molecule has 6 heteroatoms. The van der Waals surface area contributed by atoms with Gasteiger partial charge >= 0.3 is 0 Å². The lowest BCUT2D eigenvalue weighted by Gasteiger charge is -2.21. The van der Waals surface area contributed by atoms with Crippen molar-refractivity contribution in [3.63, 3.8) is 0 Å². The number of aromatic nitrogens is 1. The van der Waals surface area contributed by atoms with Crippen molar-refractivity contribution < 1.29 is 14.1 Å². The maximum atomic E-state index is 11.9. The van der Waals surface area contributed by atoms with Gasteiger partial charge in [-0.1, -0.05) is 31.8 Å². The quantitative estimate of drug-likeness (QED) is 0.742. The molecular formula is C14H23N3O3. The summed E-state index contributed by atoms with van der Waals surface area (Å²) in [5.74, 6) is 0.749. The number of anilines is 1. The van der Waals surface area contributed by atoms with Crippen LogP contribution in [-0.2, 0) is 9.59 Å². The largest absolute Gasteiger partial charge is 0.360 e. The van der Waals surface area contributed by atoms with Crippen molar-refractivity contribution in [1.29, 1.82) is 0 Å². The highest BCUT2D eigenvalue weighted by atomic mass is 16.5. The summed E-state index contributed by atoms with van der Waals surface area (Å²) in [5, 5.41) is 6.32. The number of carbonyl (C=O) groups excluding carboxylic acids is 2. The molecule has 0 aliphatic heterocycles. The first-order valence-electron chi connectivity index (χ1n) is 7.07. The number of rotatable bonds is 8. The first-order valence-corrected chi connectivity index (χ1v) is 7.07. The van der Waals surface area contributed by atoms with Gasteiger partial charge in [0.1, 0.15) is 5.76 Å². The lowest BCUT2D eigenvalue weighted by Crippen LogP contribution is -2.38. The minimum atomic E-state index is -0.253. The number of carbonyl (C=O) groups is 2. The molecule has 1 rings (SSSR count). The van der Waals surface area contributed by atoms with Crippen LogP contribution in [0.5, 0.6) is 0 Å². The van der Waals surface area contributed by atoms with E-state index in [9.17, 15) is 9.59 Å². The van der Waals surface area contributed by atoms with Gasteiger partial charge in [-0.15, -0.1) is 0 Å². The highest BCUT2D eigenvalue weighted by Crippen LogP contribution is 2.07. The zero-order valence-electron chi connectivity index (χ0n) is 12.4. The molecule has 0 atom stereocenters. The number of hydrogen-bond acceptors (Lipinski definition) is 4. The molecule has 0 unspecified atom stereocenters. The Bertz CT molecular complexity index is 443. The van der Waals surface area contributed by atoms with E-state index in [2.05, 4.69) is 17.4 Å². The molecule has 6 nitrogen and oxygen atoms in total. The monoisotopic (exact) mass is 281 g/mol. The van der Waals surface area contributed by atoms with E-state index >= 15 is 0 Å². The van der Waals surface area contributed by atoms with E-state index in [1.165, 1.54) is 0 Å². The number of aryl methyl sites for hydroxylation is 1. The Kier molecular flexibility index (Phi) is 6.76. The molecule has 0 fully saturated rings. The Morgan fingerprint density at radius 1 is 1.35 bits per heavy atom. The predicted molar refractivity (Wildman–Crippen MR) is 76.3 cm³/mol. The number of unbranched alkanes of at least 4 members (excludes halogenated alkanes) is 2. The number of hydrogen-bond donors (Lipinski definition) is 1. The molecule has 0 saturated carbocycles. The molecular weight excluding hydrogens is 258 g/mol. The molecule has 0 bridgehead atoms. The van der Waals surface area contributed by atoms with Crippen LogP contribution >= 0.6 is 0 Å². The van der Waals surface area contributed by atoms with Gasteiger partial charge < -0.3 is 14.7 Å². The van der Waals surface area contributed by atoms with Gasteiger partial charge in [0.05, 0.1) is 6.54 Å². The molecule has 1 heterocycles. The standard InChI is InChI=1S/C14H23N3O3/c1-4-6-7-8-17(14(19)5-2)10-13(18)15-12-9-11(3)20-16-12/h9H,4-8,10H2,1-3H3,(H,15,16,18). The highest BCUT2D eigenvalue weighted by Gasteiger charge is 2.16. The molecule has 0 saturated heterocycles. The molecule has 1 N–H and O–H groups in total. The van der Waals surface area contributed by atoms with E-state index in [1.54, 1.807) is 24.8 Å². The van der Waals surface area contributed by atoms with Crippen LogP contribution in [0.1, 0.15) is 45.3 Å². The zero-order valence-corrected chi connectivity index (χ0v) is 12.4. The summed E-state index contributed by atoms with van der Waals surface area (Å²) in [6, 6.07) is 1.64. The minimum Gasteiger partial charge on any atom is -0.360 e. The van der Waals surface area contributed by atoms with Crippen LogP contribution in [0.2, 0.25) is 0 Å². The Hall–Kier alpha value is -1.85. The molecule has 0 radical (unpaired) electrons. The van der Waals surface area contributed by atoms with Crippen LogP contribution in [0.15, 0.2) is 10.6 Å². The van der Waals surface area contributed by atoms with Crippen LogP contribution in [0.25, 0.3) is 0 Å². The van der Waals surface area contributed by atoms with E-state index in [0.717, 1.165) is 19.3 Å². The summed E-state index contributed by atoms with van der Waals surface area (Å²) in [7, 11) is 0. The predicted octanol–water partition coefficient (Wildman–Crippen LogP) is 2.35. The van der Waals surface area contributed by atoms with E-state index < -0.39 is 0 Å². The van der Waals surface area contributed by atoms with Gasteiger partial charge in [-0.2, -0.15) is 0 Å². The van der Waals surface area contributed by atoms with E-state index in [4.69, 9.17) is 4.52 Å². The Morgan fingerprint density at radius 3 is 2.65 bits per heavy atom. The van der Waals surface area contributed by atoms with Crippen molar-refractivity contribution in [3.8, 4) is 0 Å². The fourth-order valence-corrected chi connectivity index (χ4v) is 1.85. The van der Waals surface area contributed by atoms with Crippen LogP contribution in [0.4, 0.5) is 5.82 Å². The lowest BCUT2D eigenvalue weighted by molar-refractivity contribution is -0.134. The molecule has 0 aliphatic rings. The second-order valence-electron chi connectivity index (χ2n) is 4.75. The van der Waals surface area contributed by atoms with E-state index in [0.29, 0.717) is 24.5 Å². The average molecular weight is 281 g/mol. The van der Waals surface area contributed by atoms with Crippen molar-refractivity contribution in [2.24, 2.45) is 0 Å². The number of nitrogens with zero attached hydrogens (tertiary/aromatic N) is 2. The van der Waals surface area contributed by atoms with Gasteiger partial charge in [-0.05, 0) is 13.3 Å².